The van der Waals surface area contributed by atoms with E-state index in [0.717, 1.165) is 10.0 Å². The zero-order valence-corrected chi connectivity index (χ0v) is 14.0. The summed E-state index contributed by atoms with van der Waals surface area (Å²) in [4.78, 5) is 11.4. The molecule has 1 N–H and O–H groups in total. The highest BCUT2D eigenvalue weighted by molar-refractivity contribution is 9.10. The molecule has 6 heteroatoms. The van der Waals surface area contributed by atoms with Gasteiger partial charge in [0.2, 0.25) is 0 Å². The molecule has 21 heavy (non-hydrogen) atoms. The maximum Gasteiger partial charge on any atom is 0.261 e. The fraction of sp³-hybridized carbons (Fsp3) is 0.133. The minimum absolute atomic E-state index is 0.0619. The molecule has 0 spiro atoms. The van der Waals surface area contributed by atoms with E-state index in [9.17, 15) is 13.2 Å². The number of carbonyl (C=O) groups excluding carboxylic acids is 1. The topological polar surface area (TPSA) is 63.2 Å². The van der Waals surface area contributed by atoms with Gasteiger partial charge < -0.3 is 0 Å². The number of anilines is 1. The highest BCUT2D eigenvalue weighted by Crippen LogP contribution is 2.23. The van der Waals surface area contributed by atoms with Crippen LogP contribution in [0.15, 0.2) is 51.8 Å². The van der Waals surface area contributed by atoms with Crippen molar-refractivity contribution >= 4 is 37.4 Å². The first kappa shape index (κ1) is 15.7. The van der Waals surface area contributed by atoms with Crippen molar-refractivity contribution in [3.05, 3.63) is 58.1 Å². The molecule has 0 aliphatic heterocycles. The molecule has 0 bridgehead atoms. The van der Waals surface area contributed by atoms with Crippen molar-refractivity contribution in [1.29, 1.82) is 0 Å². The molecular formula is C15H14BrNO3S. The number of Topliss-reactive ketones (excluding diaryl/α,β-unsaturated/α-hetero) is 1. The van der Waals surface area contributed by atoms with E-state index in [2.05, 4.69) is 20.7 Å². The fourth-order valence-electron chi connectivity index (χ4n) is 1.75. The first-order valence-corrected chi connectivity index (χ1v) is 8.47. The van der Waals surface area contributed by atoms with Gasteiger partial charge in [-0.25, -0.2) is 8.42 Å². The maximum atomic E-state index is 12.3. The van der Waals surface area contributed by atoms with Crippen LogP contribution in [0.3, 0.4) is 0 Å². The molecule has 0 aliphatic rings. The Morgan fingerprint density at radius 2 is 1.86 bits per heavy atom. The third kappa shape index (κ3) is 3.71. The van der Waals surface area contributed by atoms with Crippen molar-refractivity contribution in [3.8, 4) is 0 Å². The third-order valence-electron chi connectivity index (χ3n) is 2.97. The molecule has 0 amide bonds. The first-order chi connectivity index (χ1) is 9.79. The van der Waals surface area contributed by atoms with Gasteiger partial charge in [0.1, 0.15) is 0 Å². The molecule has 0 aromatic heterocycles. The van der Waals surface area contributed by atoms with Crippen LogP contribution >= 0.6 is 15.9 Å². The van der Waals surface area contributed by atoms with Gasteiger partial charge in [0.05, 0.1) is 4.90 Å². The number of halogens is 1. The summed E-state index contributed by atoms with van der Waals surface area (Å²) in [6, 6.07) is 11.2. The van der Waals surface area contributed by atoms with Crippen LogP contribution in [-0.2, 0) is 10.0 Å². The molecule has 0 saturated carbocycles. The summed E-state index contributed by atoms with van der Waals surface area (Å²) >= 11 is 3.36. The minimum Gasteiger partial charge on any atom is -0.295 e. The smallest absolute Gasteiger partial charge is 0.261 e. The molecule has 2 rings (SSSR count). The van der Waals surface area contributed by atoms with E-state index in [1.165, 1.54) is 19.1 Å². The van der Waals surface area contributed by atoms with Gasteiger partial charge >= 0.3 is 0 Å². The molecule has 4 nitrogen and oxygen atoms in total. The number of hydrogen-bond acceptors (Lipinski definition) is 3. The third-order valence-corrected chi connectivity index (χ3v) is 5.21. The summed E-state index contributed by atoms with van der Waals surface area (Å²) in [7, 11) is -3.72. The lowest BCUT2D eigenvalue weighted by Gasteiger charge is -2.10. The number of ketones is 1. The van der Waals surface area contributed by atoms with Crippen LogP contribution in [0.1, 0.15) is 22.8 Å². The van der Waals surface area contributed by atoms with Gasteiger partial charge in [-0.3, -0.25) is 9.52 Å². The van der Waals surface area contributed by atoms with Crippen molar-refractivity contribution in [2.75, 3.05) is 4.72 Å². The second-order valence-corrected chi connectivity index (χ2v) is 7.19. The minimum atomic E-state index is -3.72. The molecule has 0 saturated heterocycles. The summed E-state index contributed by atoms with van der Waals surface area (Å²) in [5.74, 6) is -0.176. The van der Waals surface area contributed by atoms with E-state index in [4.69, 9.17) is 0 Å². The lowest BCUT2D eigenvalue weighted by Crippen LogP contribution is -2.13. The average molecular weight is 368 g/mol. The standard InChI is InChI=1S/C15H14BrNO3S/c1-10-6-7-13(9-15(10)16)17-21(19,20)14-5-3-4-12(8-14)11(2)18/h3-9,17H,1-2H3. The van der Waals surface area contributed by atoms with Crippen molar-refractivity contribution in [2.45, 2.75) is 18.7 Å². The number of rotatable bonds is 4. The Morgan fingerprint density at radius 1 is 1.14 bits per heavy atom. The first-order valence-electron chi connectivity index (χ1n) is 6.19. The number of hydrogen-bond donors (Lipinski definition) is 1. The van der Waals surface area contributed by atoms with Gasteiger partial charge in [0.15, 0.2) is 5.78 Å². The Kier molecular flexibility index (Phi) is 4.49. The fourth-order valence-corrected chi connectivity index (χ4v) is 3.23. The van der Waals surface area contributed by atoms with E-state index in [1.54, 1.807) is 24.3 Å². The molecule has 0 radical (unpaired) electrons. The Bertz CT molecular complexity index is 800. The van der Waals surface area contributed by atoms with E-state index in [-0.39, 0.29) is 10.7 Å². The molecule has 2 aromatic rings. The van der Waals surface area contributed by atoms with Crippen LogP contribution in [-0.4, -0.2) is 14.2 Å². The maximum absolute atomic E-state index is 12.3. The van der Waals surface area contributed by atoms with Crippen molar-refractivity contribution in [2.24, 2.45) is 0 Å². The Hall–Kier alpha value is -1.66. The summed E-state index contributed by atoms with van der Waals surface area (Å²) in [6.07, 6.45) is 0. The van der Waals surface area contributed by atoms with Crippen LogP contribution in [0.25, 0.3) is 0 Å². The van der Waals surface area contributed by atoms with E-state index >= 15 is 0 Å². The van der Waals surface area contributed by atoms with E-state index in [0.29, 0.717) is 11.3 Å². The van der Waals surface area contributed by atoms with Gasteiger partial charge in [0, 0.05) is 15.7 Å². The van der Waals surface area contributed by atoms with Gasteiger partial charge in [-0.15, -0.1) is 0 Å². The second kappa shape index (κ2) is 5.99. The van der Waals surface area contributed by atoms with Gasteiger partial charge in [0.25, 0.3) is 10.0 Å². The van der Waals surface area contributed by atoms with Crippen LogP contribution < -0.4 is 4.72 Å². The predicted molar refractivity (Wildman–Crippen MR) is 86.1 cm³/mol. The number of sulfonamides is 1. The highest BCUT2D eigenvalue weighted by atomic mass is 79.9. The Labute approximate surface area is 132 Å². The zero-order valence-electron chi connectivity index (χ0n) is 11.6. The Balaban J connectivity index is 2.36. The Morgan fingerprint density at radius 3 is 2.48 bits per heavy atom. The highest BCUT2D eigenvalue weighted by Gasteiger charge is 2.15. The molecule has 0 aliphatic carbocycles. The number of aryl methyl sites for hydroxylation is 1. The molecule has 110 valence electrons. The summed E-state index contributed by atoms with van der Waals surface area (Å²) < 4.78 is 28.0. The molecule has 0 fully saturated rings. The summed E-state index contributed by atoms with van der Waals surface area (Å²) in [6.45, 7) is 3.31. The van der Waals surface area contributed by atoms with Crippen LogP contribution in [0.4, 0.5) is 5.69 Å². The van der Waals surface area contributed by atoms with Crippen LogP contribution in [0.2, 0.25) is 0 Å². The monoisotopic (exact) mass is 367 g/mol. The second-order valence-electron chi connectivity index (χ2n) is 4.65. The number of benzene rings is 2. The van der Waals surface area contributed by atoms with Crippen molar-refractivity contribution < 1.29 is 13.2 Å². The molecular weight excluding hydrogens is 354 g/mol. The SMILES string of the molecule is CC(=O)c1cccc(S(=O)(=O)Nc2ccc(C)c(Br)c2)c1. The van der Waals surface area contributed by atoms with Gasteiger partial charge in [-0.1, -0.05) is 34.1 Å². The molecule has 2 aromatic carbocycles. The zero-order chi connectivity index (χ0) is 15.6. The predicted octanol–water partition coefficient (Wildman–Crippen LogP) is 3.76. The quantitative estimate of drug-likeness (QED) is 0.836. The number of nitrogens with one attached hydrogen (secondary N) is 1. The van der Waals surface area contributed by atoms with Gasteiger partial charge in [-0.2, -0.15) is 0 Å². The lowest BCUT2D eigenvalue weighted by molar-refractivity contribution is 0.101. The van der Waals surface area contributed by atoms with Crippen molar-refractivity contribution in [1.82, 2.24) is 0 Å². The van der Waals surface area contributed by atoms with Crippen molar-refractivity contribution in [3.63, 3.8) is 0 Å². The summed E-state index contributed by atoms with van der Waals surface area (Å²) in [5.41, 5.74) is 1.83. The van der Waals surface area contributed by atoms with Crippen LogP contribution in [0, 0.1) is 6.92 Å². The van der Waals surface area contributed by atoms with Gasteiger partial charge in [-0.05, 0) is 43.7 Å². The summed E-state index contributed by atoms with van der Waals surface area (Å²) in [5, 5.41) is 0. The van der Waals surface area contributed by atoms with E-state index < -0.39 is 10.0 Å². The average Bonchev–Trinajstić information content (AvgIpc) is 2.43. The lowest BCUT2D eigenvalue weighted by atomic mass is 10.2. The molecule has 0 atom stereocenters. The number of carbonyl (C=O) groups is 1. The normalized spacial score (nSPS) is 11.2. The molecule has 0 unspecified atom stereocenters. The van der Waals surface area contributed by atoms with E-state index in [1.807, 2.05) is 13.0 Å². The molecule has 0 heterocycles. The van der Waals surface area contributed by atoms with Crippen LogP contribution in [0.5, 0.6) is 0 Å². The largest absolute Gasteiger partial charge is 0.295 e.